The summed E-state index contributed by atoms with van der Waals surface area (Å²) in [4.78, 5) is 23.8. The summed E-state index contributed by atoms with van der Waals surface area (Å²) in [5.41, 5.74) is -0.964. The molecule has 8 heteroatoms. The smallest absolute Gasteiger partial charge is 0.330 e. The van der Waals surface area contributed by atoms with Crippen molar-refractivity contribution in [1.82, 2.24) is 9.55 Å². The molecule has 0 amide bonds. The van der Waals surface area contributed by atoms with Crippen LogP contribution in [0.1, 0.15) is 18.8 Å². The van der Waals surface area contributed by atoms with E-state index in [2.05, 4.69) is 16.8 Å². The van der Waals surface area contributed by atoms with Gasteiger partial charge in [-0.25, -0.2) is 4.79 Å². The first-order valence-corrected chi connectivity index (χ1v) is 6.62. The molecule has 1 aliphatic rings. The van der Waals surface area contributed by atoms with Gasteiger partial charge in [-0.15, -0.1) is 5.92 Å². The summed E-state index contributed by atoms with van der Waals surface area (Å²) in [6, 6.07) is 1.21. The van der Waals surface area contributed by atoms with E-state index in [-0.39, 0.29) is 0 Å². The van der Waals surface area contributed by atoms with Crippen LogP contribution < -0.4 is 11.2 Å². The van der Waals surface area contributed by atoms with Crippen molar-refractivity contribution in [2.75, 3.05) is 6.61 Å². The molecule has 4 atom stereocenters. The van der Waals surface area contributed by atoms with Gasteiger partial charge in [0, 0.05) is 11.8 Å². The van der Waals surface area contributed by atoms with Crippen molar-refractivity contribution >= 4 is 11.6 Å². The molecule has 0 aliphatic carbocycles. The summed E-state index contributed by atoms with van der Waals surface area (Å²) in [5, 5.41) is 19.4. The number of aryl methyl sites for hydroxylation is 1. The Morgan fingerprint density at radius 2 is 2.24 bits per heavy atom. The van der Waals surface area contributed by atoms with Crippen LogP contribution in [0, 0.1) is 18.8 Å². The number of nitrogens with zero attached hydrogens (tertiary/aromatic N) is 1. The number of H-pyrrole nitrogens is 1. The zero-order chi connectivity index (χ0) is 15.8. The average molecular weight is 315 g/mol. The van der Waals surface area contributed by atoms with Gasteiger partial charge in [-0.2, -0.15) is 0 Å². The van der Waals surface area contributed by atoms with E-state index in [0.29, 0.717) is 5.69 Å². The molecule has 0 saturated carbocycles. The maximum Gasteiger partial charge on any atom is 0.330 e. The summed E-state index contributed by atoms with van der Waals surface area (Å²) >= 11 is 6.37. The van der Waals surface area contributed by atoms with E-state index >= 15 is 0 Å². The normalized spacial score (nSPS) is 31.8. The maximum absolute atomic E-state index is 12.0. The number of aliphatic hydroxyl groups is 2. The van der Waals surface area contributed by atoms with E-state index in [0.717, 1.165) is 4.57 Å². The summed E-state index contributed by atoms with van der Waals surface area (Å²) in [6.07, 6.45) is -3.41. The van der Waals surface area contributed by atoms with E-state index in [1.165, 1.54) is 19.9 Å². The molecule has 1 aromatic rings. The van der Waals surface area contributed by atoms with E-state index < -0.39 is 41.2 Å². The number of ether oxygens (including phenoxy) is 1. The maximum atomic E-state index is 12.0. The highest BCUT2D eigenvalue weighted by molar-refractivity contribution is 6.27. The van der Waals surface area contributed by atoms with Crippen LogP contribution in [-0.2, 0) is 4.74 Å². The number of hydrogen-bond donors (Lipinski definition) is 3. The molecule has 2 rings (SSSR count). The van der Waals surface area contributed by atoms with Crippen LogP contribution in [-0.4, -0.2) is 43.5 Å². The van der Waals surface area contributed by atoms with Crippen molar-refractivity contribution < 1.29 is 14.9 Å². The summed E-state index contributed by atoms with van der Waals surface area (Å²) in [7, 11) is 0. The quantitative estimate of drug-likeness (QED) is 0.484. The molecule has 2 heterocycles. The molecule has 21 heavy (non-hydrogen) atoms. The monoisotopic (exact) mass is 314 g/mol. The van der Waals surface area contributed by atoms with Gasteiger partial charge in [0.05, 0.1) is 6.61 Å². The summed E-state index contributed by atoms with van der Waals surface area (Å²) in [6.45, 7) is 2.59. The predicted molar refractivity (Wildman–Crippen MR) is 75.1 cm³/mol. The molecule has 114 valence electrons. The van der Waals surface area contributed by atoms with Gasteiger partial charge in [-0.3, -0.25) is 14.3 Å². The molecule has 1 fully saturated rings. The topological polar surface area (TPSA) is 105 Å². The van der Waals surface area contributed by atoms with E-state index in [4.69, 9.17) is 16.3 Å². The molecule has 0 radical (unpaired) electrons. The number of aromatic nitrogens is 2. The van der Waals surface area contributed by atoms with Crippen molar-refractivity contribution in [2.45, 2.75) is 37.2 Å². The lowest BCUT2D eigenvalue weighted by molar-refractivity contribution is -0.0471. The van der Waals surface area contributed by atoms with Crippen molar-refractivity contribution in [3.63, 3.8) is 0 Å². The zero-order valence-electron chi connectivity index (χ0n) is 11.5. The van der Waals surface area contributed by atoms with Gasteiger partial charge in [-0.1, -0.05) is 17.5 Å². The first-order valence-electron chi connectivity index (χ1n) is 6.24. The molecule has 1 aliphatic heterocycles. The second-order valence-electron chi connectivity index (χ2n) is 4.75. The largest absolute Gasteiger partial charge is 0.394 e. The number of rotatable bonds is 2. The minimum atomic E-state index is -1.60. The van der Waals surface area contributed by atoms with Crippen LogP contribution in [0.3, 0.4) is 0 Å². The van der Waals surface area contributed by atoms with Crippen LogP contribution in [0.2, 0.25) is 0 Å². The first kappa shape index (κ1) is 15.8. The highest BCUT2D eigenvalue weighted by Crippen LogP contribution is 2.42. The van der Waals surface area contributed by atoms with E-state index in [1.807, 2.05) is 0 Å². The predicted octanol–water partition coefficient (Wildman–Crippen LogP) is -0.903. The summed E-state index contributed by atoms with van der Waals surface area (Å²) in [5.74, 6) is 5.21. The molecule has 0 aromatic carbocycles. The number of alkyl halides is 1. The Kier molecular flexibility index (Phi) is 4.25. The summed E-state index contributed by atoms with van der Waals surface area (Å²) < 4.78 is 6.59. The van der Waals surface area contributed by atoms with Crippen molar-refractivity contribution in [3.05, 3.63) is 32.6 Å². The van der Waals surface area contributed by atoms with Gasteiger partial charge in [-0.05, 0) is 13.8 Å². The molecule has 0 spiro atoms. The minimum Gasteiger partial charge on any atom is -0.394 e. The number of aliphatic hydroxyl groups excluding tert-OH is 2. The second kappa shape index (κ2) is 5.66. The van der Waals surface area contributed by atoms with Crippen LogP contribution in [0.5, 0.6) is 0 Å². The van der Waals surface area contributed by atoms with Gasteiger partial charge in [0.15, 0.2) is 11.1 Å². The number of halogens is 1. The average Bonchev–Trinajstić information content (AvgIpc) is 2.63. The zero-order valence-corrected chi connectivity index (χ0v) is 12.2. The highest BCUT2D eigenvalue weighted by Gasteiger charge is 2.56. The van der Waals surface area contributed by atoms with Crippen molar-refractivity contribution in [3.8, 4) is 11.8 Å². The molecule has 1 aromatic heterocycles. The van der Waals surface area contributed by atoms with E-state index in [9.17, 15) is 19.8 Å². The van der Waals surface area contributed by atoms with Crippen LogP contribution in [0.15, 0.2) is 15.7 Å². The number of aromatic amines is 1. The van der Waals surface area contributed by atoms with Crippen LogP contribution >= 0.6 is 11.6 Å². The molecule has 3 N–H and O–H groups in total. The lowest BCUT2D eigenvalue weighted by Gasteiger charge is -2.26. The van der Waals surface area contributed by atoms with Gasteiger partial charge >= 0.3 is 5.69 Å². The minimum absolute atomic E-state index is 0.308. The second-order valence-corrected chi connectivity index (χ2v) is 5.37. The molecule has 0 bridgehead atoms. The Labute approximate surface area is 125 Å². The first-order chi connectivity index (χ1) is 9.85. The Morgan fingerprint density at radius 1 is 1.57 bits per heavy atom. The Bertz CT molecular complexity index is 716. The van der Waals surface area contributed by atoms with Gasteiger partial charge in [0.2, 0.25) is 0 Å². The third kappa shape index (κ3) is 2.51. The molecule has 1 saturated heterocycles. The number of nitrogens with one attached hydrogen (secondary N) is 1. The van der Waals surface area contributed by atoms with Crippen molar-refractivity contribution in [1.29, 1.82) is 0 Å². The van der Waals surface area contributed by atoms with E-state index in [1.54, 1.807) is 0 Å². The van der Waals surface area contributed by atoms with Crippen molar-refractivity contribution in [2.24, 2.45) is 0 Å². The fourth-order valence-electron chi connectivity index (χ4n) is 2.39. The SMILES string of the molecule is CC#CC1(Cl)[C@@H](O)[C@@H](CO)O[C@H]1n1c(C)cc(=O)[nH]c1=O. The van der Waals surface area contributed by atoms with Crippen LogP contribution in [0.25, 0.3) is 0 Å². The molecular formula is C13H15ClN2O5. The van der Waals surface area contributed by atoms with Crippen LogP contribution in [0.4, 0.5) is 0 Å². The highest BCUT2D eigenvalue weighted by atomic mass is 35.5. The van der Waals surface area contributed by atoms with Gasteiger partial charge < -0.3 is 14.9 Å². The fourth-order valence-corrected chi connectivity index (χ4v) is 2.77. The Balaban J connectivity index is 2.64. The molecule has 7 nitrogen and oxygen atoms in total. The molecular weight excluding hydrogens is 300 g/mol. The van der Waals surface area contributed by atoms with Gasteiger partial charge in [0.1, 0.15) is 12.2 Å². The standard InChI is InChI=1S/C13H15ClN2O5/c1-3-4-13(14)10(19)8(6-17)21-11(13)16-7(2)5-9(18)15-12(16)20/h5,8,10-11,17,19H,6H2,1-2H3,(H,15,18,20)/t8-,10+,11-,13?/m1/s1. The lowest BCUT2D eigenvalue weighted by atomic mass is 9.99. The third-order valence-corrected chi connectivity index (χ3v) is 3.85. The van der Waals surface area contributed by atoms with Gasteiger partial charge in [0.25, 0.3) is 5.56 Å². The fraction of sp³-hybridized carbons (Fsp3) is 0.538. The Morgan fingerprint density at radius 3 is 2.76 bits per heavy atom. The molecule has 1 unspecified atom stereocenters. The lowest BCUT2D eigenvalue weighted by Crippen LogP contribution is -2.45. The Hall–Kier alpha value is -1.59. The third-order valence-electron chi connectivity index (χ3n) is 3.35. The number of hydrogen-bond acceptors (Lipinski definition) is 5.